The van der Waals surface area contributed by atoms with Gasteiger partial charge in [-0.3, -0.25) is 4.79 Å². The maximum absolute atomic E-state index is 12.1. The van der Waals surface area contributed by atoms with Crippen molar-refractivity contribution >= 4 is 23.7 Å². The second kappa shape index (κ2) is 5.99. The molecule has 1 heterocycles. The summed E-state index contributed by atoms with van der Waals surface area (Å²) in [5.74, 6) is 1.38. The lowest BCUT2D eigenvalue weighted by Gasteiger charge is -2.24. The van der Waals surface area contributed by atoms with Crippen LogP contribution in [0.25, 0.3) is 6.08 Å². The van der Waals surface area contributed by atoms with Crippen LogP contribution in [-0.2, 0) is 10.2 Å². The highest BCUT2D eigenvalue weighted by Crippen LogP contribution is 2.39. The number of hydrogen-bond donors (Lipinski definition) is 1. The third-order valence-electron chi connectivity index (χ3n) is 3.86. The number of likely N-dealkylation sites (N-methyl/N-ethyl adjacent to an activating group) is 1. The van der Waals surface area contributed by atoms with Gasteiger partial charge in [0.05, 0.1) is 10.8 Å². The molecule has 3 nitrogen and oxygen atoms in total. The van der Waals surface area contributed by atoms with Crippen LogP contribution in [0.4, 0.5) is 0 Å². The Labute approximate surface area is 137 Å². The van der Waals surface area contributed by atoms with Crippen LogP contribution in [0.2, 0.25) is 0 Å². The van der Waals surface area contributed by atoms with E-state index < -0.39 is 0 Å². The van der Waals surface area contributed by atoms with Crippen LogP contribution in [0.5, 0.6) is 5.75 Å². The molecule has 0 radical (unpaired) electrons. The van der Waals surface area contributed by atoms with Gasteiger partial charge in [-0.2, -0.15) is 0 Å². The van der Waals surface area contributed by atoms with E-state index in [4.69, 9.17) is 0 Å². The van der Waals surface area contributed by atoms with Crippen molar-refractivity contribution in [2.45, 2.75) is 46.0 Å². The van der Waals surface area contributed by atoms with E-state index in [1.54, 1.807) is 16.7 Å². The predicted molar refractivity (Wildman–Crippen MR) is 94.1 cm³/mol. The third kappa shape index (κ3) is 3.32. The van der Waals surface area contributed by atoms with Crippen molar-refractivity contribution in [3.63, 3.8) is 0 Å². The van der Waals surface area contributed by atoms with Gasteiger partial charge in [0.15, 0.2) is 0 Å². The van der Waals surface area contributed by atoms with Crippen molar-refractivity contribution in [3.05, 3.63) is 33.7 Å². The lowest BCUT2D eigenvalue weighted by Crippen LogP contribution is -2.18. The molecule has 0 aromatic heterocycles. The number of carbonyl (C=O) groups is 1. The minimum Gasteiger partial charge on any atom is -0.507 e. The molecule has 0 unspecified atom stereocenters. The van der Waals surface area contributed by atoms with Crippen LogP contribution in [0, 0.1) is 0 Å². The molecule has 0 saturated carbocycles. The maximum Gasteiger partial charge on any atom is 0.260 e. The van der Waals surface area contributed by atoms with E-state index >= 15 is 0 Å². The molecule has 1 aromatic rings. The summed E-state index contributed by atoms with van der Waals surface area (Å²) in [4.78, 5) is 14.5. The summed E-state index contributed by atoms with van der Waals surface area (Å²) >= 11 is 1.56. The zero-order valence-electron chi connectivity index (χ0n) is 14.2. The number of benzene rings is 1. The molecule has 0 spiro atoms. The van der Waals surface area contributed by atoms with E-state index in [9.17, 15) is 9.90 Å². The second-order valence-electron chi connectivity index (χ2n) is 7.20. The summed E-state index contributed by atoms with van der Waals surface area (Å²) in [6.07, 6.45) is 1.94. The number of thioether (sulfide) groups is 1. The van der Waals surface area contributed by atoms with Gasteiger partial charge in [-0.15, -0.1) is 0 Å². The Morgan fingerprint density at radius 1 is 1.32 bits per heavy atom. The van der Waals surface area contributed by atoms with Gasteiger partial charge in [-0.25, -0.2) is 0 Å². The molecule has 120 valence electrons. The van der Waals surface area contributed by atoms with Gasteiger partial charge in [0, 0.05) is 12.6 Å². The number of phenolic OH excluding ortho intramolecular Hbond substituents is 1. The molecular weight excluding hydrogens is 294 g/mol. The smallest absolute Gasteiger partial charge is 0.260 e. The zero-order chi connectivity index (χ0) is 16.7. The standard InChI is InChI=1S/C18H25NO2S/c1-11(2)13-7-12(8-14(16(13)20)18(3,4)5)9-15-17(21)19(6)10-22-15/h7-9,11,20H,10H2,1-6H3. The van der Waals surface area contributed by atoms with E-state index in [0.29, 0.717) is 11.6 Å². The molecule has 1 aliphatic heterocycles. The second-order valence-corrected chi connectivity index (χ2v) is 8.18. The summed E-state index contributed by atoms with van der Waals surface area (Å²) in [7, 11) is 1.81. The Morgan fingerprint density at radius 2 is 1.95 bits per heavy atom. The molecule has 1 aromatic carbocycles. The lowest BCUT2D eigenvalue weighted by atomic mass is 9.82. The Hall–Kier alpha value is -1.42. The van der Waals surface area contributed by atoms with Crippen molar-refractivity contribution in [2.24, 2.45) is 0 Å². The number of rotatable bonds is 2. The molecule has 1 N–H and O–H groups in total. The first-order valence-electron chi connectivity index (χ1n) is 7.58. The van der Waals surface area contributed by atoms with Crippen LogP contribution in [0.3, 0.4) is 0 Å². The molecule has 2 rings (SSSR count). The lowest BCUT2D eigenvalue weighted by molar-refractivity contribution is -0.123. The van der Waals surface area contributed by atoms with Crippen molar-refractivity contribution in [1.29, 1.82) is 0 Å². The number of hydrogen-bond acceptors (Lipinski definition) is 3. The molecule has 0 aliphatic carbocycles. The molecule has 22 heavy (non-hydrogen) atoms. The van der Waals surface area contributed by atoms with Crippen molar-refractivity contribution in [1.82, 2.24) is 4.90 Å². The van der Waals surface area contributed by atoms with Crippen LogP contribution < -0.4 is 0 Å². The molecule has 1 saturated heterocycles. The van der Waals surface area contributed by atoms with E-state index in [2.05, 4.69) is 34.6 Å². The van der Waals surface area contributed by atoms with Crippen molar-refractivity contribution in [3.8, 4) is 5.75 Å². The molecule has 0 atom stereocenters. The monoisotopic (exact) mass is 319 g/mol. The Morgan fingerprint density at radius 3 is 2.41 bits per heavy atom. The van der Waals surface area contributed by atoms with Gasteiger partial charge in [0.2, 0.25) is 0 Å². The van der Waals surface area contributed by atoms with Gasteiger partial charge in [-0.1, -0.05) is 46.4 Å². The van der Waals surface area contributed by atoms with E-state index in [1.807, 2.05) is 25.3 Å². The first-order chi connectivity index (χ1) is 10.1. The van der Waals surface area contributed by atoms with Gasteiger partial charge in [-0.05, 0) is 40.7 Å². The number of aromatic hydroxyl groups is 1. The number of carbonyl (C=O) groups excluding carboxylic acids is 1. The summed E-state index contributed by atoms with van der Waals surface area (Å²) < 4.78 is 0. The average molecular weight is 319 g/mol. The van der Waals surface area contributed by atoms with Crippen LogP contribution >= 0.6 is 11.8 Å². The first kappa shape index (κ1) is 16.9. The Bertz CT molecular complexity index is 627. The minimum atomic E-state index is -0.147. The van der Waals surface area contributed by atoms with Crippen LogP contribution in [0.1, 0.15) is 57.2 Å². The van der Waals surface area contributed by atoms with Crippen LogP contribution in [0.15, 0.2) is 17.0 Å². The maximum atomic E-state index is 12.1. The quantitative estimate of drug-likeness (QED) is 0.826. The van der Waals surface area contributed by atoms with E-state index in [-0.39, 0.29) is 17.2 Å². The van der Waals surface area contributed by atoms with E-state index in [1.165, 1.54) is 0 Å². The Balaban J connectivity index is 2.56. The fraction of sp³-hybridized carbons (Fsp3) is 0.500. The largest absolute Gasteiger partial charge is 0.507 e. The SMILES string of the molecule is CC(C)c1cc(C=C2SCN(C)C2=O)cc(C(C)(C)C)c1O. The summed E-state index contributed by atoms with van der Waals surface area (Å²) in [5, 5.41) is 10.6. The van der Waals surface area contributed by atoms with Crippen LogP contribution in [-0.4, -0.2) is 28.8 Å². The fourth-order valence-corrected chi connectivity index (χ4v) is 3.45. The topological polar surface area (TPSA) is 40.5 Å². The summed E-state index contributed by atoms with van der Waals surface area (Å²) in [5.41, 5.74) is 2.70. The average Bonchev–Trinajstić information content (AvgIpc) is 2.71. The highest BCUT2D eigenvalue weighted by atomic mass is 32.2. The van der Waals surface area contributed by atoms with Gasteiger partial charge in [0.1, 0.15) is 5.75 Å². The predicted octanol–water partition coefficient (Wildman–Crippen LogP) is 4.32. The molecule has 1 aliphatic rings. The van der Waals surface area contributed by atoms with E-state index in [0.717, 1.165) is 21.6 Å². The summed E-state index contributed by atoms with van der Waals surface area (Å²) in [6.45, 7) is 10.4. The van der Waals surface area contributed by atoms with Crippen molar-refractivity contribution < 1.29 is 9.90 Å². The minimum absolute atomic E-state index is 0.0708. The highest BCUT2D eigenvalue weighted by molar-refractivity contribution is 8.04. The van der Waals surface area contributed by atoms with Gasteiger partial charge < -0.3 is 10.0 Å². The Kier molecular flexibility index (Phi) is 4.62. The molecule has 0 bridgehead atoms. The fourth-order valence-electron chi connectivity index (χ4n) is 2.50. The van der Waals surface area contributed by atoms with Gasteiger partial charge >= 0.3 is 0 Å². The van der Waals surface area contributed by atoms with Crippen molar-refractivity contribution in [2.75, 3.05) is 12.9 Å². The highest BCUT2D eigenvalue weighted by Gasteiger charge is 2.25. The molecular formula is C18H25NO2S. The molecule has 1 fully saturated rings. The molecule has 4 heteroatoms. The summed E-state index contributed by atoms with van der Waals surface area (Å²) in [6, 6.07) is 3.99. The molecule has 1 amide bonds. The number of phenols is 1. The normalized spacial score (nSPS) is 17.9. The number of nitrogens with zero attached hydrogens (tertiary/aromatic N) is 1. The number of amides is 1. The first-order valence-corrected chi connectivity index (χ1v) is 8.57. The van der Waals surface area contributed by atoms with Gasteiger partial charge in [0.25, 0.3) is 5.91 Å². The zero-order valence-corrected chi connectivity index (χ0v) is 15.0. The third-order valence-corrected chi connectivity index (χ3v) is 4.98.